The Hall–Kier alpha value is -1.42. The van der Waals surface area contributed by atoms with Gasteiger partial charge in [-0.1, -0.05) is 12.8 Å². The van der Waals surface area contributed by atoms with Crippen LogP contribution in [0.2, 0.25) is 0 Å². The van der Waals surface area contributed by atoms with Crippen LogP contribution >= 0.6 is 0 Å². The highest BCUT2D eigenvalue weighted by Crippen LogP contribution is 2.39. The first-order valence-corrected chi connectivity index (χ1v) is 7.11. The minimum atomic E-state index is -0.524. The van der Waals surface area contributed by atoms with Gasteiger partial charge >= 0.3 is 0 Å². The van der Waals surface area contributed by atoms with Crippen molar-refractivity contribution < 1.29 is 9.90 Å². The summed E-state index contributed by atoms with van der Waals surface area (Å²) >= 11 is 0. The summed E-state index contributed by atoms with van der Waals surface area (Å²) in [6, 6.07) is 3.59. The highest BCUT2D eigenvalue weighted by atomic mass is 16.3. The average Bonchev–Trinajstić information content (AvgIpc) is 2.46. The summed E-state index contributed by atoms with van der Waals surface area (Å²) in [6.07, 6.45) is 8.21. The Bertz CT molecular complexity index is 462. The standard InChI is InChI=1S/C15H20N2O2/c18-14(12-4-3-8-16-10-12)17-9-7-15(19)6-2-1-5-13(15)11-17/h3-4,8,10,13,19H,1-2,5-7,9,11H2. The first-order valence-electron chi connectivity index (χ1n) is 7.11. The fourth-order valence-electron chi connectivity index (χ4n) is 3.43. The summed E-state index contributed by atoms with van der Waals surface area (Å²) in [6.45, 7) is 1.34. The number of rotatable bonds is 1. The van der Waals surface area contributed by atoms with Crippen LogP contribution in [0.15, 0.2) is 24.5 Å². The molecule has 0 aromatic carbocycles. The predicted molar refractivity (Wildman–Crippen MR) is 71.7 cm³/mol. The maximum absolute atomic E-state index is 12.4. The van der Waals surface area contributed by atoms with Crippen LogP contribution in [0.1, 0.15) is 42.5 Å². The fraction of sp³-hybridized carbons (Fsp3) is 0.600. The zero-order valence-electron chi connectivity index (χ0n) is 11.1. The molecule has 4 nitrogen and oxygen atoms in total. The molecule has 2 atom stereocenters. The van der Waals surface area contributed by atoms with Gasteiger partial charge in [-0.3, -0.25) is 9.78 Å². The quantitative estimate of drug-likeness (QED) is 0.838. The molecule has 0 radical (unpaired) electrons. The van der Waals surface area contributed by atoms with Gasteiger partial charge in [0, 0.05) is 31.4 Å². The molecular weight excluding hydrogens is 240 g/mol. The molecular formula is C15H20N2O2. The molecule has 4 heteroatoms. The first kappa shape index (κ1) is 12.6. The van der Waals surface area contributed by atoms with Crippen LogP contribution in [-0.2, 0) is 0 Å². The number of fused-ring (bicyclic) bond motifs is 1. The third kappa shape index (κ3) is 2.37. The molecule has 1 aliphatic heterocycles. The first-order chi connectivity index (χ1) is 9.19. The molecule has 3 rings (SSSR count). The molecule has 1 amide bonds. The third-order valence-corrected chi connectivity index (χ3v) is 4.62. The molecule has 1 N–H and O–H groups in total. The Kier molecular flexibility index (Phi) is 3.27. The number of hydrogen-bond donors (Lipinski definition) is 1. The van der Waals surface area contributed by atoms with E-state index in [1.165, 1.54) is 6.42 Å². The smallest absolute Gasteiger partial charge is 0.255 e. The van der Waals surface area contributed by atoms with E-state index < -0.39 is 5.60 Å². The lowest BCUT2D eigenvalue weighted by Gasteiger charge is -2.47. The predicted octanol–water partition coefficient (Wildman–Crippen LogP) is 1.85. The molecule has 2 heterocycles. The molecule has 19 heavy (non-hydrogen) atoms. The molecule has 2 unspecified atom stereocenters. The number of aromatic nitrogens is 1. The van der Waals surface area contributed by atoms with Crippen LogP contribution in [0.25, 0.3) is 0 Å². The van der Waals surface area contributed by atoms with E-state index in [1.54, 1.807) is 24.5 Å². The Morgan fingerprint density at radius 2 is 2.32 bits per heavy atom. The van der Waals surface area contributed by atoms with Crippen molar-refractivity contribution in [2.24, 2.45) is 5.92 Å². The molecule has 1 aromatic rings. The van der Waals surface area contributed by atoms with Gasteiger partial charge in [-0.05, 0) is 31.4 Å². The van der Waals surface area contributed by atoms with E-state index in [-0.39, 0.29) is 11.8 Å². The molecule has 2 aliphatic rings. The van der Waals surface area contributed by atoms with Crippen molar-refractivity contribution in [1.29, 1.82) is 0 Å². The number of carbonyl (C=O) groups excluding carboxylic acids is 1. The van der Waals surface area contributed by atoms with E-state index in [1.807, 2.05) is 4.90 Å². The number of hydrogen-bond acceptors (Lipinski definition) is 3. The maximum Gasteiger partial charge on any atom is 0.255 e. The van der Waals surface area contributed by atoms with Crippen LogP contribution in [0.4, 0.5) is 0 Å². The summed E-state index contributed by atoms with van der Waals surface area (Å²) in [5.74, 6) is 0.288. The topological polar surface area (TPSA) is 53.4 Å². The zero-order valence-corrected chi connectivity index (χ0v) is 11.1. The SMILES string of the molecule is O=C(c1cccnc1)N1CCC2(O)CCCCC2C1. The van der Waals surface area contributed by atoms with E-state index in [0.29, 0.717) is 25.1 Å². The maximum atomic E-state index is 12.4. The van der Waals surface area contributed by atoms with Crippen LogP contribution < -0.4 is 0 Å². The summed E-state index contributed by atoms with van der Waals surface area (Å²) in [4.78, 5) is 18.3. The van der Waals surface area contributed by atoms with Crippen LogP contribution in [0.5, 0.6) is 0 Å². The van der Waals surface area contributed by atoms with Crippen molar-refractivity contribution in [1.82, 2.24) is 9.88 Å². The zero-order chi connectivity index (χ0) is 13.3. The monoisotopic (exact) mass is 260 g/mol. The van der Waals surface area contributed by atoms with Gasteiger partial charge in [0.1, 0.15) is 0 Å². The molecule has 0 spiro atoms. The summed E-state index contributed by atoms with van der Waals surface area (Å²) in [7, 11) is 0. The summed E-state index contributed by atoms with van der Waals surface area (Å²) in [5, 5.41) is 10.6. The van der Waals surface area contributed by atoms with Crippen LogP contribution in [-0.4, -0.2) is 39.6 Å². The lowest BCUT2D eigenvalue weighted by atomic mass is 9.71. The lowest BCUT2D eigenvalue weighted by molar-refractivity contribution is -0.0886. The number of pyridine rings is 1. The van der Waals surface area contributed by atoms with Crippen molar-refractivity contribution >= 4 is 5.91 Å². The minimum Gasteiger partial charge on any atom is -0.389 e. The number of piperidine rings is 1. The average molecular weight is 260 g/mol. The largest absolute Gasteiger partial charge is 0.389 e. The van der Waals surface area contributed by atoms with E-state index in [9.17, 15) is 9.90 Å². The number of amides is 1. The molecule has 1 saturated carbocycles. The molecule has 1 saturated heterocycles. The second-order valence-corrected chi connectivity index (χ2v) is 5.79. The van der Waals surface area contributed by atoms with Crippen molar-refractivity contribution in [3.63, 3.8) is 0 Å². The van der Waals surface area contributed by atoms with Gasteiger partial charge in [-0.25, -0.2) is 0 Å². The van der Waals surface area contributed by atoms with Gasteiger partial charge in [0.25, 0.3) is 5.91 Å². The van der Waals surface area contributed by atoms with Crippen LogP contribution in [0, 0.1) is 5.92 Å². The van der Waals surface area contributed by atoms with Crippen molar-refractivity contribution in [2.45, 2.75) is 37.7 Å². The molecule has 2 fully saturated rings. The van der Waals surface area contributed by atoms with E-state index in [2.05, 4.69) is 4.98 Å². The summed E-state index contributed by atoms with van der Waals surface area (Å²) < 4.78 is 0. The van der Waals surface area contributed by atoms with Crippen molar-refractivity contribution in [3.05, 3.63) is 30.1 Å². The normalized spacial score (nSPS) is 30.8. The highest BCUT2D eigenvalue weighted by Gasteiger charge is 2.43. The molecule has 0 bridgehead atoms. The third-order valence-electron chi connectivity index (χ3n) is 4.62. The van der Waals surface area contributed by atoms with Gasteiger partial charge in [0.05, 0.1) is 11.2 Å². The Labute approximate surface area is 113 Å². The Balaban J connectivity index is 1.73. The van der Waals surface area contributed by atoms with E-state index >= 15 is 0 Å². The number of aliphatic hydroxyl groups is 1. The molecule has 1 aliphatic carbocycles. The second-order valence-electron chi connectivity index (χ2n) is 5.79. The van der Waals surface area contributed by atoms with E-state index in [0.717, 1.165) is 19.3 Å². The van der Waals surface area contributed by atoms with Gasteiger partial charge in [0.2, 0.25) is 0 Å². The number of carbonyl (C=O) groups is 1. The van der Waals surface area contributed by atoms with Gasteiger partial charge in [0.15, 0.2) is 0 Å². The van der Waals surface area contributed by atoms with E-state index in [4.69, 9.17) is 0 Å². The Morgan fingerprint density at radius 1 is 1.42 bits per heavy atom. The highest BCUT2D eigenvalue weighted by molar-refractivity contribution is 5.93. The van der Waals surface area contributed by atoms with Crippen molar-refractivity contribution in [3.8, 4) is 0 Å². The summed E-state index contributed by atoms with van der Waals surface area (Å²) in [5.41, 5.74) is 0.119. The molecule has 102 valence electrons. The van der Waals surface area contributed by atoms with Crippen molar-refractivity contribution in [2.75, 3.05) is 13.1 Å². The van der Waals surface area contributed by atoms with Gasteiger partial charge in [-0.2, -0.15) is 0 Å². The fourth-order valence-corrected chi connectivity index (χ4v) is 3.43. The van der Waals surface area contributed by atoms with Gasteiger partial charge in [-0.15, -0.1) is 0 Å². The van der Waals surface area contributed by atoms with Crippen LogP contribution in [0.3, 0.4) is 0 Å². The number of likely N-dealkylation sites (tertiary alicyclic amines) is 1. The Morgan fingerprint density at radius 3 is 3.11 bits per heavy atom. The second kappa shape index (κ2) is 4.93. The van der Waals surface area contributed by atoms with Gasteiger partial charge < -0.3 is 10.0 Å². The minimum absolute atomic E-state index is 0.0423. The number of nitrogens with zero attached hydrogens (tertiary/aromatic N) is 2. The molecule has 1 aromatic heterocycles. The lowest BCUT2D eigenvalue weighted by Crippen LogP contribution is -2.54.